The van der Waals surface area contributed by atoms with E-state index in [1.807, 2.05) is 26.1 Å². The number of aryl methyl sites for hydroxylation is 1. The normalized spacial score (nSPS) is 16.0. The first kappa shape index (κ1) is 18.6. The maximum Gasteiger partial charge on any atom is 0.224 e. The van der Waals surface area contributed by atoms with E-state index in [9.17, 15) is 0 Å². The molecule has 6 nitrogen and oxygen atoms in total. The summed E-state index contributed by atoms with van der Waals surface area (Å²) in [5.74, 6) is 1.66. The van der Waals surface area contributed by atoms with Crippen LogP contribution in [-0.2, 0) is 5.41 Å². The number of benzene rings is 1. The van der Waals surface area contributed by atoms with E-state index in [4.69, 9.17) is 4.98 Å². The van der Waals surface area contributed by atoms with E-state index in [-0.39, 0.29) is 5.41 Å². The molecule has 3 aromatic heterocycles. The Kier molecular flexibility index (Phi) is 4.62. The van der Waals surface area contributed by atoms with Gasteiger partial charge in [0.15, 0.2) is 0 Å². The van der Waals surface area contributed by atoms with E-state index in [1.165, 1.54) is 5.56 Å². The van der Waals surface area contributed by atoms with Gasteiger partial charge in [0, 0.05) is 49.7 Å². The highest BCUT2D eigenvalue weighted by Crippen LogP contribution is 2.42. The molecule has 0 radical (unpaired) electrons. The Labute approximate surface area is 176 Å². The van der Waals surface area contributed by atoms with Gasteiger partial charge in [-0.15, -0.1) is 0 Å². The number of fused-ring (bicyclic) bond motifs is 1. The number of pyridine rings is 1. The summed E-state index contributed by atoms with van der Waals surface area (Å²) in [4.78, 5) is 16.5. The predicted molar refractivity (Wildman–Crippen MR) is 120 cm³/mol. The zero-order valence-corrected chi connectivity index (χ0v) is 17.4. The molecule has 0 atom stereocenters. The molecule has 1 aliphatic heterocycles. The van der Waals surface area contributed by atoms with Gasteiger partial charge in [-0.25, -0.2) is 9.97 Å². The van der Waals surface area contributed by atoms with Crippen LogP contribution in [0.2, 0.25) is 0 Å². The van der Waals surface area contributed by atoms with Crippen LogP contribution in [0.4, 0.5) is 11.8 Å². The minimum absolute atomic E-state index is 0.0995. The first-order valence-electron chi connectivity index (χ1n) is 10.5. The topological polar surface area (TPSA) is 58.4 Å². The monoisotopic (exact) mass is 398 g/mol. The Bertz CT molecular complexity index is 1130. The average Bonchev–Trinajstić information content (AvgIpc) is 3.24. The second kappa shape index (κ2) is 7.44. The molecule has 1 aromatic carbocycles. The molecule has 30 heavy (non-hydrogen) atoms. The zero-order valence-electron chi connectivity index (χ0n) is 17.4. The second-order valence-electron chi connectivity index (χ2n) is 7.97. The third-order valence-electron chi connectivity index (χ3n) is 6.19. The molecule has 1 saturated heterocycles. The lowest BCUT2D eigenvalue weighted by molar-refractivity contribution is 0.383. The van der Waals surface area contributed by atoms with E-state index >= 15 is 0 Å². The third-order valence-corrected chi connectivity index (χ3v) is 6.19. The fourth-order valence-corrected chi connectivity index (χ4v) is 4.56. The summed E-state index contributed by atoms with van der Waals surface area (Å²) >= 11 is 0. The Hall–Kier alpha value is -3.41. The Morgan fingerprint density at radius 1 is 0.933 bits per heavy atom. The van der Waals surface area contributed by atoms with Crippen LogP contribution in [0, 0.1) is 6.92 Å². The van der Waals surface area contributed by atoms with Crippen molar-refractivity contribution in [2.24, 2.45) is 0 Å². The number of aromatic nitrogens is 4. The largest absolute Gasteiger partial charge is 0.357 e. The number of rotatable bonds is 4. The van der Waals surface area contributed by atoms with E-state index in [0.717, 1.165) is 48.8 Å². The lowest BCUT2D eigenvalue weighted by atomic mass is 9.70. The number of imidazole rings is 1. The summed E-state index contributed by atoms with van der Waals surface area (Å²) in [5.41, 5.74) is 4.36. The van der Waals surface area contributed by atoms with E-state index in [1.54, 1.807) is 0 Å². The van der Waals surface area contributed by atoms with Gasteiger partial charge in [-0.3, -0.25) is 0 Å². The van der Waals surface area contributed by atoms with Gasteiger partial charge in [-0.05, 0) is 37.5 Å². The maximum atomic E-state index is 5.03. The maximum absolute atomic E-state index is 5.03. The molecule has 152 valence electrons. The molecular formula is C24H26N6. The van der Waals surface area contributed by atoms with Crippen LogP contribution in [-0.4, -0.2) is 39.5 Å². The third kappa shape index (κ3) is 3.18. The number of nitrogens with one attached hydrogen (secondary N) is 1. The summed E-state index contributed by atoms with van der Waals surface area (Å²) in [6.07, 6.45) is 6.24. The molecule has 0 amide bonds. The molecule has 5 rings (SSSR count). The molecule has 6 heteroatoms. The van der Waals surface area contributed by atoms with Crippen molar-refractivity contribution in [3.8, 4) is 0 Å². The fourth-order valence-electron chi connectivity index (χ4n) is 4.56. The summed E-state index contributed by atoms with van der Waals surface area (Å²) in [7, 11) is 1.86. The molecule has 0 unspecified atom stereocenters. The second-order valence-corrected chi connectivity index (χ2v) is 7.97. The highest BCUT2D eigenvalue weighted by molar-refractivity contribution is 5.49. The van der Waals surface area contributed by atoms with Crippen molar-refractivity contribution < 1.29 is 0 Å². The molecule has 0 saturated carbocycles. The van der Waals surface area contributed by atoms with Crippen molar-refractivity contribution in [2.45, 2.75) is 25.2 Å². The first-order chi connectivity index (χ1) is 14.7. The molecule has 1 N–H and O–H groups in total. The minimum atomic E-state index is -0.0995. The van der Waals surface area contributed by atoms with Crippen LogP contribution in [0.25, 0.3) is 5.65 Å². The van der Waals surface area contributed by atoms with Gasteiger partial charge >= 0.3 is 0 Å². The SMILES string of the molecule is CNc1nc(C)cc(N2CCC(c3ccccc3)(c3cn4ccccc4n3)CC2)n1. The van der Waals surface area contributed by atoms with Gasteiger partial charge in [-0.2, -0.15) is 4.98 Å². The molecule has 0 bridgehead atoms. The molecule has 0 spiro atoms. The summed E-state index contributed by atoms with van der Waals surface area (Å²) in [6.45, 7) is 3.85. The van der Waals surface area contributed by atoms with E-state index in [0.29, 0.717) is 5.95 Å². The number of nitrogens with zero attached hydrogens (tertiary/aromatic N) is 5. The summed E-state index contributed by atoms with van der Waals surface area (Å²) in [5, 5.41) is 3.07. The van der Waals surface area contributed by atoms with Crippen LogP contribution < -0.4 is 10.2 Å². The van der Waals surface area contributed by atoms with Crippen LogP contribution in [0.1, 0.15) is 29.8 Å². The molecular weight excluding hydrogens is 372 g/mol. The Morgan fingerprint density at radius 2 is 1.70 bits per heavy atom. The van der Waals surface area contributed by atoms with Gasteiger partial charge < -0.3 is 14.6 Å². The average molecular weight is 399 g/mol. The first-order valence-corrected chi connectivity index (χ1v) is 10.5. The van der Waals surface area contributed by atoms with Crippen molar-refractivity contribution in [3.05, 3.63) is 83.9 Å². The molecule has 0 aliphatic carbocycles. The van der Waals surface area contributed by atoms with Crippen molar-refractivity contribution in [1.82, 2.24) is 19.4 Å². The van der Waals surface area contributed by atoms with Gasteiger partial charge in [0.2, 0.25) is 5.95 Å². The fraction of sp³-hybridized carbons (Fsp3) is 0.292. The van der Waals surface area contributed by atoms with Gasteiger partial charge in [0.25, 0.3) is 0 Å². The lowest BCUT2D eigenvalue weighted by Gasteiger charge is -2.42. The summed E-state index contributed by atoms with van der Waals surface area (Å²) < 4.78 is 2.12. The van der Waals surface area contributed by atoms with Gasteiger partial charge in [0.1, 0.15) is 11.5 Å². The van der Waals surface area contributed by atoms with Crippen molar-refractivity contribution in [3.63, 3.8) is 0 Å². The van der Waals surface area contributed by atoms with Crippen molar-refractivity contribution in [2.75, 3.05) is 30.4 Å². The summed E-state index contributed by atoms with van der Waals surface area (Å²) in [6, 6.07) is 19.1. The van der Waals surface area contributed by atoms with Crippen LogP contribution >= 0.6 is 0 Å². The van der Waals surface area contributed by atoms with Crippen molar-refractivity contribution >= 4 is 17.4 Å². The highest BCUT2D eigenvalue weighted by Gasteiger charge is 2.40. The molecule has 4 heterocycles. The van der Waals surface area contributed by atoms with Gasteiger partial charge in [-0.1, -0.05) is 36.4 Å². The minimum Gasteiger partial charge on any atom is -0.357 e. The standard InChI is InChI=1S/C24H26N6/c1-18-16-22(28-23(25-2)26-18)29-14-11-24(12-15-29,19-8-4-3-5-9-19)20-17-30-13-7-6-10-21(30)27-20/h3-10,13,16-17H,11-12,14-15H2,1-2H3,(H,25,26,28). The molecule has 4 aromatic rings. The zero-order chi connectivity index (χ0) is 20.6. The number of hydrogen-bond acceptors (Lipinski definition) is 5. The molecule has 1 fully saturated rings. The Morgan fingerprint density at radius 3 is 2.43 bits per heavy atom. The van der Waals surface area contributed by atoms with E-state index in [2.05, 4.69) is 79.4 Å². The lowest BCUT2D eigenvalue weighted by Crippen LogP contribution is -2.44. The smallest absolute Gasteiger partial charge is 0.224 e. The predicted octanol–water partition coefficient (Wildman–Crippen LogP) is 4.06. The highest BCUT2D eigenvalue weighted by atomic mass is 15.2. The molecule has 1 aliphatic rings. The van der Waals surface area contributed by atoms with E-state index < -0.39 is 0 Å². The van der Waals surface area contributed by atoms with Crippen LogP contribution in [0.3, 0.4) is 0 Å². The van der Waals surface area contributed by atoms with Crippen LogP contribution in [0.15, 0.2) is 67.0 Å². The Balaban J connectivity index is 1.52. The quantitative estimate of drug-likeness (QED) is 0.562. The van der Waals surface area contributed by atoms with Gasteiger partial charge in [0.05, 0.1) is 5.69 Å². The number of anilines is 2. The number of piperidine rings is 1. The van der Waals surface area contributed by atoms with Crippen LogP contribution in [0.5, 0.6) is 0 Å². The van der Waals surface area contributed by atoms with Crippen molar-refractivity contribution in [1.29, 1.82) is 0 Å². The number of hydrogen-bond donors (Lipinski definition) is 1.